The highest BCUT2D eigenvalue weighted by Crippen LogP contribution is 2.14. The van der Waals surface area contributed by atoms with Crippen LogP contribution in [0.2, 0.25) is 0 Å². The highest BCUT2D eigenvalue weighted by Gasteiger charge is 2.02. The molecule has 0 aliphatic carbocycles. The zero-order chi connectivity index (χ0) is 17.0. The van der Waals surface area contributed by atoms with Crippen molar-refractivity contribution in [3.05, 3.63) is 71.8 Å². The van der Waals surface area contributed by atoms with Crippen LogP contribution in [0.4, 0.5) is 0 Å². The number of carbonyl (C=O) groups is 1. The van der Waals surface area contributed by atoms with Gasteiger partial charge in [0.1, 0.15) is 5.75 Å². The van der Waals surface area contributed by atoms with E-state index >= 15 is 0 Å². The van der Waals surface area contributed by atoms with Gasteiger partial charge < -0.3 is 9.84 Å². The smallest absolute Gasteiger partial charge is 0.185 e. The summed E-state index contributed by atoms with van der Waals surface area (Å²) in [5, 5.41) is 8.71. The summed E-state index contributed by atoms with van der Waals surface area (Å²) in [6, 6.07) is 17.0. The predicted octanol–water partition coefficient (Wildman–Crippen LogP) is 4.51. The largest absolute Gasteiger partial charge is 0.494 e. The van der Waals surface area contributed by atoms with Gasteiger partial charge in [-0.05, 0) is 55.2 Å². The number of carbonyl (C=O) groups excluding carboxylic acids is 1. The van der Waals surface area contributed by atoms with Crippen molar-refractivity contribution >= 4 is 11.9 Å². The molecule has 0 spiro atoms. The molecule has 3 nitrogen and oxygen atoms in total. The van der Waals surface area contributed by atoms with Crippen LogP contribution in [0.15, 0.2) is 60.7 Å². The van der Waals surface area contributed by atoms with Crippen molar-refractivity contribution in [2.45, 2.75) is 25.7 Å². The Morgan fingerprint density at radius 3 is 2.33 bits per heavy atom. The number of ketones is 1. The van der Waals surface area contributed by atoms with Gasteiger partial charge >= 0.3 is 0 Å². The monoisotopic (exact) mass is 324 g/mol. The molecule has 0 atom stereocenters. The third-order valence-electron chi connectivity index (χ3n) is 3.69. The maximum Gasteiger partial charge on any atom is 0.185 e. The summed E-state index contributed by atoms with van der Waals surface area (Å²) in [6.07, 6.45) is 7.32. The Morgan fingerprint density at radius 2 is 1.62 bits per heavy atom. The van der Waals surface area contributed by atoms with Crippen LogP contribution >= 0.6 is 0 Å². The summed E-state index contributed by atoms with van der Waals surface area (Å²) in [5.41, 5.74) is 1.66. The van der Waals surface area contributed by atoms with Crippen LogP contribution in [0.25, 0.3) is 6.08 Å². The summed E-state index contributed by atoms with van der Waals surface area (Å²) in [7, 11) is 0. The predicted molar refractivity (Wildman–Crippen MR) is 97.3 cm³/mol. The first-order valence-electron chi connectivity index (χ1n) is 8.41. The fourth-order valence-electron chi connectivity index (χ4n) is 2.31. The molecule has 2 aromatic rings. The highest BCUT2D eigenvalue weighted by molar-refractivity contribution is 6.06. The average Bonchev–Trinajstić information content (AvgIpc) is 2.64. The normalized spacial score (nSPS) is 10.9. The second kappa shape index (κ2) is 10.4. The molecule has 0 amide bonds. The van der Waals surface area contributed by atoms with Crippen molar-refractivity contribution in [3.63, 3.8) is 0 Å². The van der Waals surface area contributed by atoms with E-state index in [0.29, 0.717) is 12.2 Å². The van der Waals surface area contributed by atoms with Crippen LogP contribution in [-0.4, -0.2) is 24.1 Å². The third kappa shape index (κ3) is 6.39. The van der Waals surface area contributed by atoms with Crippen molar-refractivity contribution in [1.82, 2.24) is 0 Å². The lowest BCUT2D eigenvalue weighted by Gasteiger charge is -2.06. The Balaban J connectivity index is 1.78. The van der Waals surface area contributed by atoms with E-state index in [1.807, 2.05) is 48.5 Å². The molecule has 0 saturated carbocycles. The summed E-state index contributed by atoms with van der Waals surface area (Å²) in [5.74, 6) is 0.759. The molecule has 0 radical (unpaired) electrons. The van der Waals surface area contributed by atoms with Crippen molar-refractivity contribution < 1.29 is 14.6 Å². The van der Waals surface area contributed by atoms with E-state index in [9.17, 15) is 4.79 Å². The van der Waals surface area contributed by atoms with Gasteiger partial charge in [-0.1, -0.05) is 42.8 Å². The number of hydrogen-bond acceptors (Lipinski definition) is 3. The number of aliphatic hydroxyl groups excluding tert-OH is 1. The highest BCUT2D eigenvalue weighted by atomic mass is 16.5. The van der Waals surface area contributed by atoms with Crippen molar-refractivity contribution in [2.24, 2.45) is 0 Å². The zero-order valence-corrected chi connectivity index (χ0v) is 13.9. The molecule has 2 aromatic carbocycles. The van der Waals surface area contributed by atoms with E-state index in [0.717, 1.165) is 37.0 Å². The minimum Gasteiger partial charge on any atom is -0.494 e. The van der Waals surface area contributed by atoms with Gasteiger partial charge in [0.05, 0.1) is 6.61 Å². The molecule has 0 aliphatic heterocycles. The van der Waals surface area contributed by atoms with Crippen LogP contribution < -0.4 is 4.74 Å². The average molecular weight is 324 g/mol. The van der Waals surface area contributed by atoms with Crippen molar-refractivity contribution in [1.29, 1.82) is 0 Å². The number of unbranched alkanes of at least 4 members (excludes halogenated alkanes) is 3. The lowest BCUT2D eigenvalue weighted by Crippen LogP contribution is -1.99. The van der Waals surface area contributed by atoms with Crippen LogP contribution in [0.5, 0.6) is 5.75 Å². The number of rotatable bonds is 10. The molecular weight excluding hydrogens is 300 g/mol. The molecule has 2 rings (SSSR count). The van der Waals surface area contributed by atoms with Gasteiger partial charge in [0, 0.05) is 12.2 Å². The number of benzene rings is 2. The SMILES string of the molecule is O=C(C=Cc1ccccc1)c1ccc(OCCCCCCO)cc1. The van der Waals surface area contributed by atoms with Crippen LogP contribution in [-0.2, 0) is 0 Å². The van der Waals surface area contributed by atoms with Gasteiger partial charge in [-0.25, -0.2) is 0 Å². The second-order valence-electron chi connectivity index (χ2n) is 5.62. The van der Waals surface area contributed by atoms with Crippen LogP contribution in [0.3, 0.4) is 0 Å². The molecule has 0 heterocycles. The minimum atomic E-state index is -0.0191. The van der Waals surface area contributed by atoms with E-state index < -0.39 is 0 Å². The first-order chi connectivity index (χ1) is 11.8. The second-order valence-corrected chi connectivity index (χ2v) is 5.62. The molecule has 0 aromatic heterocycles. The summed E-state index contributed by atoms with van der Waals surface area (Å²) in [6.45, 7) is 0.918. The molecule has 0 unspecified atom stereocenters. The molecule has 0 aliphatic rings. The van der Waals surface area contributed by atoms with E-state index in [2.05, 4.69) is 0 Å². The lowest BCUT2D eigenvalue weighted by molar-refractivity contribution is 0.104. The molecule has 0 bridgehead atoms. The van der Waals surface area contributed by atoms with E-state index in [1.165, 1.54) is 0 Å². The van der Waals surface area contributed by atoms with Gasteiger partial charge in [-0.15, -0.1) is 0 Å². The number of ether oxygens (including phenoxy) is 1. The van der Waals surface area contributed by atoms with Gasteiger partial charge in [0.25, 0.3) is 0 Å². The molecular formula is C21H24O3. The molecule has 0 saturated heterocycles. The first kappa shape index (κ1) is 18.0. The van der Waals surface area contributed by atoms with Gasteiger partial charge in [0.2, 0.25) is 0 Å². The zero-order valence-electron chi connectivity index (χ0n) is 13.9. The van der Waals surface area contributed by atoms with Crippen molar-refractivity contribution in [2.75, 3.05) is 13.2 Å². The summed E-state index contributed by atoms with van der Waals surface area (Å²) in [4.78, 5) is 12.1. The fraction of sp³-hybridized carbons (Fsp3) is 0.286. The first-order valence-corrected chi connectivity index (χ1v) is 8.41. The minimum absolute atomic E-state index is 0.0191. The number of hydrogen-bond donors (Lipinski definition) is 1. The Morgan fingerprint density at radius 1 is 0.917 bits per heavy atom. The summed E-state index contributed by atoms with van der Waals surface area (Å²) < 4.78 is 5.66. The number of aliphatic hydroxyl groups is 1. The Labute approximate surface area is 143 Å². The number of allylic oxidation sites excluding steroid dienone is 1. The van der Waals surface area contributed by atoms with Gasteiger partial charge in [-0.3, -0.25) is 4.79 Å². The fourth-order valence-corrected chi connectivity index (χ4v) is 2.31. The van der Waals surface area contributed by atoms with Gasteiger partial charge in [0.15, 0.2) is 5.78 Å². The lowest BCUT2D eigenvalue weighted by atomic mass is 10.1. The topological polar surface area (TPSA) is 46.5 Å². The Bertz CT molecular complexity index is 630. The van der Waals surface area contributed by atoms with Crippen molar-refractivity contribution in [3.8, 4) is 5.75 Å². The maximum absolute atomic E-state index is 12.1. The standard InChI is InChI=1S/C21H24O3/c22-16-6-1-2-7-17-24-20-13-11-19(12-14-20)21(23)15-10-18-8-4-3-5-9-18/h3-5,8-15,22H,1-2,6-7,16-17H2. The quantitative estimate of drug-likeness (QED) is 0.397. The van der Waals surface area contributed by atoms with Gasteiger partial charge in [-0.2, -0.15) is 0 Å². The van der Waals surface area contributed by atoms with E-state index in [-0.39, 0.29) is 12.4 Å². The Kier molecular flexibility index (Phi) is 7.78. The molecule has 126 valence electrons. The third-order valence-corrected chi connectivity index (χ3v) is 3.69. The Hall–Kier alpha value is -2.39. The van der Waals surface area contributed by atoms with Crippen LogP contribution in [0, 0.1) is 0 Å². The molecule has 1 N–H and O–H groups in total. The van der Waals surface area contributed by atoms with E-state index in [4.69, 9.17) is 9.84 Å². The molecule has 24 heavy (non-hydrogen) atoms. The maximum atomic E-state index is 12.1. The molecule has 3 heteroatoms. The van der Waals surface area contributed by atoms with E-state index in [1.54, 1.807) is 18.2 Å². The summed E-state index contributed by atoms with van der Waals surface area (Å²) >= 11 is 0. The molecule has 0 fully saturated rings. The van der Waals surface area contributed by atoms with Crippen LogP contribution in [0.1, 0.15) is 41.6 Å².